The van der Waals surface area contributed by atoms with Crippen LogP contribution in [0, 0.1) is 5.92 Å². The van der Waals surface area contributed by atoms with Crippen molar-refractivity contribution in [3.8, 4) is 0 Å². The number of benzene rings is 1. The first kappa shape index (κ1) is 21.2. The lowest BCUT2D eigenvalue weighted by atomic mass is 9.92. The van der Waals surface area contributed by atoms with Gasteiger partial charge in [0.25, 0.3) is 5.91 Å². The minimum absolute atomic E-state index is 0.000310. The van der Waals surface area contributed by atoms with Crippen LogP contribution in [0.3, 0.4) is 0 Å². The Morgan fingerprint density at radius 2 is 1.81 bits per heavy atom. The first-order chi connectivity index (χ1) is 12.6. The molecule has 0 bridgehead atoms. The summed E-state index contributed by atoms with van der Waals surface area (Å²) in [6, 6.07) is 6.15. The van der Waals surface area contributed by atoms with E-state index in [4.69, 9.17) is 11.6 Å². The number of carbonyl (C=O) groups excluding carboxylic acids is 3. The number of halogens is 1. The van der Waals surface area contributed by atoms with Crippen LogP contribution in [-0.4, -0.2) is 35.3 Å². The van der Waals surface area contributed by atoms with E-state index in [-0.39, 0.29) is 18.5 Å². The lowest BCUT2D eigenvalue weighted by molar-refractivity contribution is -0.135. The third kappa shape index (κ3) is 5.22. The van der Waals surface area contributed by atoms with Crippen LogP contribution in [0.1, 0.15) is 52.5 Å². The molecule has 2 N–H and O–H groups in total. The predicted octanol–water partition coefficient (Wildman–Crippen LogP) is 3.44. The van der Waals surface area contributed by atoms with E-state index in [9.17, 15) is 14.4 Å². The molecule has 0 spiro atoms. The zero-order chi connectivity index (χ0) is 20.2. The van der Waals surface area contributed by atoms with Gasteiger partial charge in [0.2, 0.25) is 5.91 Å². The summed E-state index contributed by atoms with van der Waals surface area (Å²) in [4.78, 5) is 38.4. The van der Waals surface area contributed by atoms with Crippen molar-refractivity contribution in [2.75, 3.05) is 6.54 Å². The summed E-state index contributed by atoms with van der Waals surface area (Å²) >= 11 is 5.89. The van der Waals surface area contributed by atoms with Gasteiger partial charge in [0.1, 0.15) is 12.1 Å². The Kier molecular flexibility index (Phi) is 6.87. The lowest BCUT2D eigenvalue weighted by Gasteiger charge is -2.22. The fourth-order valence-corrected chi connectivity index (χ4v) is 3.31. The quantitative estimate of drug-likeness (QED) is 0.664. The summed E-state index contributed by atoms with van der Waals surface area (Å²) in [6.07, 6.45) is 3.00. The highest BCUT2D eigenvalue weighted by molar-refractivity contribution is 6.30. The molecule has 0 radical (unpaired) electrons. The van der Waals surface area contributed by atoms with Gasteiger partial charge in [0.15, 0.2) is 0 Å². The molecule has 1 aromatic rings. The van der Waals surface area contributed by atoms with Crippen LogP contribution < -0.4 is 10.6 Å². The third-order valence-corrected chi connectivity index (χ3v) is 5.08. The largest absolute Gasteiger partial charge is 0.352 e. The summed E-state index contributed by atoms with van der Waals surface area (Å²) in [5.41, 5.74) is -0.583. The fourth-order valence-electron chi connectivity index (χ4n) is 3.19. The number of urea groups is 1. The molecule has 2 atom stereocenters. The second-order valence-corrected chi connectivity index (χ2v) is 8.18. The molecule has 1 aliphatic rings. The van der Waals surface area contributed by atoms with Gasteiger partial charge in [0, 0.05) is 11.1 Å². The molecule has 2 unspecified atom stereocenters. The smallest absolute Gasteiger partial charge is 0.325 e. The molecule has 2 rings (SSSR count). The van der Waals surface area contributed by atoms with Crippen LogP contribution in [-0.2, 0) is 15.1 Å². The average molecular weight is 394 g/mol. The normalized spacial score (nSPS) is 20.7. The second kappa shape index (κ2) is 8.74. The monoisotopic (exact) mass is 393 g/mol. The lowest BCUT2D eigenvalue weighted by Crippen LogP contribution is -2.45. The molecule has 0 aliphatic carbocycles. The highest BCUT2D eigenvalue weighted by Gasteiger charge is 2.49. The minimum Gasteiger partial charge on any atom is -0.352 e. The Hall–Kier alpha value is -2.08. The van der Waals surface area contributed by atoms with E-state index in [1.807, 2.05) is 6.92 Å². The van der Waals surface area contributed by atoms with Crippen molar-refractivity contribution >= 4 is 29.4 Å². The molecule has 7 heteroatoms. The molecule has 27 heavy (non-hydrogen) atoms. The Morgan fingerprint density at radius 1 is 1.19 bits per heavy atom. The molecule has 148 valence electrons. The fraction of sp³-hybridized carbons (Fsp3) is 0.550. The van der Waals surface area contributed by atoms with Gasteiger partial charge in [-0.15, -0.1) is 0 Å². The summed E-state index contributed by atoms with van der Waals surface area (Å²) in [5, 5.41) is 6.09. The molecule has 1 aliphatic heterocycles. The molecule has 6 nitrogen and oxygen atoms in total. The van der Waals surface area contributed by atoms with Crippen LogP contribution in [0.15, 0.2) is 24.3 Å². The molecule has 1 saturated heterocycles. The van der Waals surface area contributed by atoms with Crippen molar-refractivity contribution < 1.29 is 14.4 Å². The van der Waals surface area contributed by atoms with Crippen LogP contribution in [0.4, 0.5) is 4.79 Å². The van der Waals surface area contributed by atoms with Crippen LogP contribution >= 0.6 is 11.6 Å². The summed E-state index contributed by atoms with van der Waals surface area (Å²) in [5.74, 6) is -0.155. The predicted molar refractivity (Wildman–Crippen MR) is 105 cm³/mol. The van der Waals surface area contributed by atoms with E-state index >= 15 is 0 Å². The number of hydrogen-bond acceptors (Lipinski definition) is 3. The van der Waals surface area contributed by atoms with Crippen molar-refractivity contribution in [1.29, 1.82) is 0 Å². The van der Waals surface area contributed by atoms with Crippen molar-refractivity contribution in [2.45, 2.75) is 58.5 Å². The van der Waals surface area contributed by atoms with Crippen LogP contribution in [0.25, 0.3) is 0 Å². The van der Waals surface area contributed by atoms with E-state index in [1.165, 1.54) is 0 Å². The zero-order valence-corrected chi connectivity index (χ0v) is 17.1. The molecule has 4 amide bonds. The van der Waals surface area contributed by atoms with Crippen LogP contribution in [0.5, 0.6) is 0 Å². The van der Waals surface area contributed by atoms with Crippen LogP contribution in [0.2, 0.25) is 5.02 Å². The number of rotatable bonds is 8. The zero-order valence-electron chi connectivity index (χ0n) is 16.3. The van der Waals surface area contributed by atoms with Gasteiger partial charge < -0.3 is 10.6 Å². The van der Waals surface area contributed by atoms with Gasteiger partial charge >= 0.3 is 6.03 Å². The molecule has 0 aromatic heterocycles. The molecular formula is C20H28ClN3O3. The summed E-state index contributed by atoms with van der Waals surface area (Å²) in [6.45, 7) is 7.60. The van der Waals surface area contributed by atoms with E-state index in [2.05, 4.69) is 24.5 Å². The van der Waals surface area contributed by atoms with Crippen molar-refractivity contribution in [3.63, 3.8) is 0 Å². The Bertz CT molecular complexity index is 705. The maximum absolute atomic E-state index is 12.8. The van der Waals surface area contributed by atoms with Crippen molar-refractivity contribution in [1.82, 2.24) is 15.5 Å². The first-order valence-electron chi connectivity index (χ1n) is 9.33. The maximum Gasteiger partial charge on any atom is 0.325 e. The van der Waals surface area contributed by atoms with Crippen molar-refractivity contribution in [2.24, 2.45) is 5.92 Å². The Morgan fingerprint density at radius 3 is 2.41 bits per heavy atom. The van der Waals surface area contributed by atoms with E-state index in [0.717, 1.165) is 24.2 Å². The molecule has 1 heterocycles. The number of amides is 4. The van der Waals surface area contributed by atoms with Gasteiger partial charge in [-0.1, -0.05) is 50.4 Å². The second-order valence-electron chi connectivity index (χ2n) is 7.75. The number of carbonyl (C=O) groups is 3. The van der Waals surface area contributed by atoms with E-state index < -0.39 is 17.5 Å². The maximum atomic E-state index is 12.8. The third-order valence-electron chi connectivity index (χ3n) is 4.82. The average Bonchev–Trinajstić information content (AvgIpc) is 2.79. The number of nitrogens with zero attached hydrogens (tertiary/aromatic N) is 1. The molecule has 1 fully saturated rings. The van der Waals surface area contributed by atoms with Gasteiger partial charge in [-0.2, -0.15) is 0 Å². The SMILES string of the molecule is CC(C)CCCC(C)NC(=O)CN1C(=O)NC(C)(c2ccc(Cl)cc2)C1=O. The van der Waals surface area contributed by atoms with Crippen molar-refractivity contribution in [3.05, 3.63) is 34.9 Å². The summed E-state index contributed by atoms with van der Waals surface area (Å²) < 4.78 is 0. The number of nitrogens with one attached hydrogen (secondary N) is 2. The van der Waals surface area contributed by atoms with E-state index in [0.29, 0.717) is 16.5 Å². The highest BCUT2D eigenvalue weighted by atomic mass is 35.5. The van der Waals surface area contributed by atoms with Gasteiger partial charge in [-0.3, -0.25) is 14.5 Å². The highest BCUT2D eigenvalue weighted by Crippen LogP contribution is 2.29. The first-order valence-corrected chi connectivity index (χ1v) is 9.70. The molecule has 0 saturated carbocycles. The summed E-state index contributed by atoms with van der Waals surface area (Å²) in [7, 11) is 0. The standard InChI is InChI=1S/C20H28ClN3O3/c1-13(2)6-5-7-14(3)22-17(25)12-24-18(26)20(4,23-19(24)27)15-8-10-16(21)11-9-15/h8-11,13-14H,5-7,12H2,1-4H3,(H,22,25)(H,23,27). The minimum atomic E-state index is -1.20. The van der Waals surface area contributed by atoms with Gasteiger partial charge in [0.05, 0.1) is 0 Å². The topological polar surface area (TPSA) is 78.5 Å². The Balaban J connectivity index is 1.96. The Labute approximate surface area is 165 Å². The number of imide groups is 1. The van der Waals surface area contributed by atoms with Gasteiger partial charge in [-0.25, -0.2) is 4.79 Å². The molecular weight excluding hydrogens is 366 g/mol. The molecule has 1 aromatic carbocycles. The van der Waals surface area contributed by atoms with E-state index in [1.54, 1.807) is 31.2 Å². The van der Waals surface area contributed by atoms with Gasteiger partial charge in [-0.05, 0) is 43.9 Å². The number of hydrogen-bond donors (Lipinski definition) is 2.